The van der Waals surface area contributed by atoms with E-state index in [1.807, 2.05) is 0 Å². The zero-order valence-corrected chi connectivity index (χ0v) is 32.2. The van der Waals surface area contributed by atoms with Crippen LogP contribution in [0.1, 0.15) is 124 Å². The first-order valence-corrected chi connectivity index (χ1v) is 19.6. The smallest absolute Gasteiger partial charge is 0.537 e. The number of aromatic carboxylic acids is 1. The topological polar surface area (TPSA) is 149 Å². The number of carbonyl (C=O) groups is 2. The number of carboxylic acid groups (broad SMARTS) is 1. The summed E-state index contributed by atoms with van der Waals surface area (Å²) in [5.41, 5.74) is -0.0351. The minimum atomic E-state index is -3.77. The number of nitrogens with zero attached hydrogens (tertiary/aromatic N) is 1. The molecule has 0 aliphatic carbocycles. The Bertz CT molecular complexity index is 1350. The summed E-state index contributed by atoms with van der Waals surface area (Å²) in [6.45, 7) is 4.77. The minimum absolute atomic E-state index is 0. The van der Waals surface area contributed by atoms with E-state index in [4.69, 9.17) is 5.11 Å². The van der Waals surface area contributed by atoms with Gasteiger partial charge in [-0.2, -0.15) is 0 Å². The van der Waals surface area contributed by atoms with Gasteiger partial charge >= 0.3 is 35.5 Å². The van der Waals surface area contributed by atoms with Crippen molar-refractivity contribution >= 4 is 47.9 Å². The Labute approximate surface area is 301 Å². The van der Waals surface area contributed by atoms with Crippen LogP contribution in [-0.2, 0) is 20.0 Å². The summed E-state index contributed by atoms with van der Waals surface area (Å²) in [6.07, 6.45) is 17.6. The number of amides is 1. The molecule has 0 aromatic heterocycles. The normalized spacial score (nSPS) is 12.8. The van der Waals surface area contributed by atoms with Crippen molar-refractivity contribution in [1.82, 2.24) is 4.72 Å². The number of carbonyl (C=O) groups excluding carboxylic acids is 1. The monoisotopic (exact) mass is 738 g/mol. The third-order valence-corrected chi connectivity index (χ3v) is 10.2. The number of nitrogens with one attached hydrogen (secondary N) is 1. The Balaban J connectivity index is 0.000000707. The summed E-state index contributed by atoms with van der Waals surface area (Å²) >= 11 is 3.43. The maximum Gasteiger partial charge on any atom is 1.00 e. The van der Waals surface area contributed by atoms with Gasteiger partial charge in [-0.15, -0.1) is 0 Å². The molecular formula is C32H48BrN2NaO7S2. The van der Waals surface area contributed by atoms with Crippen LogP contribution in [0.25, 0.3) is 4.72 Å². The van der Waals surface area contributed by atoms with Crippen LogP contribution in [0.15, 0.2) is 58.3 Å². The third kappa shape index (κ3) is 17.4. The van der Waals surface area contributed by atoms with Gasteiger partial charge in [-0.25, -0.2) is 26.4 Å². The Morgan fingerprint density at radius 3 is 1.82 bits per heavy atom. The van der Waals surface area contributed by atoms with E-state index < -0.39 is 31.9 Å². The molecule has 45 heavy (non-hydrogen) atoms. The number of hydrogen-bond acceptors (Lipinski definition) is 6. The van der Waals surface area contributed by atoms with Crippen LogP contribution in [0.3, 0.4) is 0 Å². The molecule has 0 bridgehead atoms. The molecule has 2 N–H and O–H groups in total. The van der Waals surface area contributed by atoms with Crippen LogP contribution in [0.2, 0.25) is 0 Å². The van der Waals surface area contributed by atoms with Gasteiger partial charge in [0.1, 0.15) is 10.0 Å². The molecule has 248 valence electrons. The van der Waals surface area contributed by atoms with Crippen molar-refractivity contribution in [2.45, 2.75) is 114 Å². The summed E-state index contributed by atoms with van der Waals surface area (Å²) in [6, 6.07) is 11.6. The van der Waals surface area contributed by atoms with E-state index in [1.54, 1.807) is 12.1 Å². The number of hydrogen-bond donors (Lipinski definition) is 2. The predicted octanol–water partition coefficient (Wildman–Crippen LogP) is 5.45. The fourth-order valence-electron chi connectivity index (χ4n) is 4.37. The minimum Gasteiger partial charge on any atom is -0.537 e. The molecule has 1 aliphatic heterocycles. The molecule has 0 saturated carbocycles. The molecule has 0 saturated heterocycles. The molecule has 0 unspecified atom stereocenters. The molecule has 13 heteroatoms. The molecule has 0 radical (unpaired) electrons. The predicted molar refractivity (Wildman–Crippen MR) is 180 cm³/mol. The SMILES string of the molecule is CCCCCCCCCBr.CCCCCCCCCNS(=O)(=O)c1ccccc1C(=O)O.O=C1[N-]S(=O)(=O)c2ccccc21.[Na+]. The summed E-state index contributed by atoms with van der Waals surface area (Å²) in [5, 5.41) is 10.2. The second-order valence-corrected chi connectivity index (χ2v) is 14.6. The van der Waals surface area contributed by atoms with Crippen LogP contribution in [0, 0.1) is 0 Å². The van der Waals surface area contributed by atoms with Crippen molar-refractivity contribution in [2.75, 3.05) is 11.9 Å². The number of unbranched alkanes of at least 4 members (excludes halogenated alkanes) is 12. The molecule has 0 fully saturated rings. The van der Waals surface area contributed by atoms with Gasteiger partial charge in [0.05, 0.1) is 21.3 Å². The average molecular weight is 740 g/mol. The molecule has 0 atom stereocenters. The molecule has 1 aliphatic rings. The van der Waals surface area contributed by atoms with E-state index in [1.165, 1.54) is 112 Å². The van der Waals surface area contributed by atoms with Crippen molar-refractivity contribution < 1.29 is 61.1 Å². The molecule has 0 spiro atoms. The zero-order valence-electron chi connectivity index (χ0n) is 27.0. The number of rotatable bonds is 18. The van der Waals surface area contributed by atoms with Gasteiger partial charge in [0.25, 0.3) is 0 Å². The van der Waals surface area contributed by atoms with Gasteiger partial charge < -0.3 is 14.6 Å². The molecular weight excluding hydrogens is 691 g/mol. The number of sulfonamides is 2. The standard InChI is InChI=1S/C16H25NO4S.C9H19Br.C7H5NO3S.Na/c1-2-3-4-5-6-7-10-13-17-22(20,21)15-12-9-8-11-14(15)16(18)19;1-2-3-4-5-6-7-8-9-10;9-7-5-3-1-2-4-6(5)12(10,11)8-7;/h8-9,11-12,17H,2-7,10,13H2,1H3,(H,18,19);2-9H2,1H3;1-4H,(H,8,9);/q;;;+1/p-1. The van der Waals surface area contributed by atoms with Crippen molar-refractivity contribution in [3.63, 3.8) is 0 Å². The molecule has 9 nitrogen and oxygen atoms in total. The molecule has 3 rings (SSSR count). The number of halogens is 1. The number of benzene rings is 2. The van der Waals surface area contributed by atoms with Crippen molar-refractivity contribution in [3.8, 4) is 0 Å². The van der Waals surface area contributed by atoms with E-state index >= 15 is 0 Å². The Morgan fingerprint density at radius 1 is 0.800 bits per heavy atom. The van der Waals surface area contributed by atoms with Gasteiger partial charge in [-0.05, 0) is 31.0 Å². The molecule has 2 aromatic rings. The molecule has 1 amide bonds. The van der Waals surface area contributed by atoms with E-state index in [2.05, 4.69) is 39.2 Å². The van der Waals surface area contributed by atoms with Crippen LogP contribution >= 0.6 is 15.9 Å². The van der Waals surface area contributed by atoms with Crippen molar-refractivity contribution in [2.24, 2.45) is 0 Å². The Hall–Kier alpha value is -1.28. The number of alkyl halides is 1. The van der Waals surface area contributed by atoms with Gasteiger partial charge in [0, 0.05) is 17.4 Å². The van der Waals surface area contributed by atoms with Gasteiger partial charge in [-0.1, -0.05) is 137 Å². The summed E-state index contributed by atoms with van der Waals surface area (Å²) < 4.78 is 52.0. The van der Waals surface area contributed by atoms with Crippen LogP contribution in [0.5, 0.6) is 0 Å². The summed E-state index contributed by atoms with van der Waals surface area (Å²) in [7, 11) is -7.45. The van der Waals surface area contributed by atoms with Crippen molar-refractivity contribution in [3.05, 3.63) is 64.4 Å². The average Bonchev–Trinajstić information content (AvgIpc) is 3.24. The zero-order chi connectivity index (χ0) is 32.8. The first-order valence-electron chi connectivity index (χ1n) is 15.5. The first-order chi connectivity index (χ1) is 21.0. The van der Waals surface area contributed by atoms with Crippen LogP contribution in [-0.4, -0.2) is 45.7 Å². The third-order valence-electron chi connectivity index (χ3n) is 6.82. The number of fused-ring (bicyclic) bond motifs is 1. The largest absolute Gasteiger partial charge is 1.00 e. The van der Waals surface area contributed by atoms with E-state index in [0.717, 1.165) is 19.3 Å². The van der Waals surface area contributed by atoms with Gasteiger partial charge in [0.15, 0.2) is 0 Å². The summed E-state index contributed by atoms with van der Waals surface area (Å²) in [4.78, 5) is 21.8. The Kier molecular flexibility index (Phi) is 24.1. The maximum absolute atomic E-state index is 12.2. The van der Waals surface area contributed by atoms with E-state index in [9.17, 15) is 26.4 Å². The fraction of sp³-hybridized carbons (Fsp3) is 0.562. The first kappa shape index (κ1) is 43.7. The van der Waals surface area contributed by atoms with Gasteiger partial charge in [0.2, 0.25) is 10.0 Å². The van der Waals surface area contributed by atoms with Gasteiger partial charge in [-0.3, -0.25) is 0 Å². The van der Waals surface area contributed by atoms with E-state index in [0.29, 0.717) is 6.54 Å². The Morgan fingerprint density at radius 2 is 1.29 bits per heavy atom. The van der Waals surface area contributed by atoms with Crippen LogP contribution < -0.4 is 34.3 Å². The quantitative estimate of drug-likeness (QED) is 0.117. The summed E-state index contributed by atoms with van der Waals surface area (Å²) in [5.74, 6) is -1.91. The van der Waals surface area contributed by atoms with E-state index in [-0.39, 0.29) is 50.5 Å². The second-order valence-electron chi connectivity index (χ2n) is 10.5. The fourth-order valence-corrected chi connectivity index (χ4v) is 7.14. The maximum atomic E-state index is 12.2. The molecule has 2 aromatic carbocycles. The van der Waals surface area contributed by atoms with Crippen LogP contribution in [0.4, 0.5) is 0 Å². The molecule has 1 heterocycles. The number of carboxylic acids is 1. The van der Waals surface area contributed by atoms with Crippen molar-refractivity contribution in [1.29, 1.82) is 0 Å². The second kappa shape index (κ2) is 24.8.